The van der Waals surface area contributed by atoms with Gasteiger partial charge in [-0.3, -0.25) is 4.79 Å². The van der Waals surface area contributed by atoms with Crippen molar-refractivity contribution in [3.63, 3.8) is 0 Å². The van der Waals surface area contributed by atoms with Gasteiger partial charge in [-0.2, -0.15) is 0 Å². The number of ketones is 1. The van der Waals surface area contributed by atoms with E-state index in [1.54, 1.807) is 0 Å². The Morgan fingerprint density at radius 2 is 1.84 bits per heavy atom. The molecule has 0 bridgehead atoms. The number of fused-ring (bicyclic) bond motifs is 3. The molecule has 0 heterocycles. The lowest BCUT2D eigenvalue weighted by Gasteiger charge is -2.43. The first-order chi connectivity index (χ1) is 9.34. The van der Waals surface area contributed by atoms with Gasteiger partial charge in [0, 0.05) is 11.0 Å². The maximum atomic E-state index is 13.1. The zero-order chi connectivity index (χ0) is 12.9. The van der Waals surface area contributed by atoms with Crippen LogP contribution in [0.25, 0.3) is 0 Å². The van der Waals surface area contributed by atoms with E-state index in [1.807, 2.05) is 6.07 Å². The van der Waals surface area contributed by atoms with E-state index in [0.717, 1.165) is 24.8 Å². The first-order valence-corrected chi connectivity index (χ1v) is 7.63. The molecule has 0 aliphatic heterocycles. The van der Waals surface area contributed by atoms with Gasteiger partial charge < -0.3 is 0 Å². The van der Waals surface area contributed by atoms with Crippen LogP contribution in [0.3, 0.4) is 0 Å². The number of allylic oxidation sites excluding steroid dienone is 2. The second-order valence-corrected chi connectivity index (χ2v) is 6.39. The average Bonchev–Trinajstić information content (AvgIpc) is 3.07. The van der Waals surface area contributed by atoms with Crippen molar-refractivity contribution >= 4 is 5.78 Å². The molecule has 0 amide bonds. The highest BCUT2D eigenvalue weighted by atomic mass is 16.1. The number of rotatable bonds is 1. The molecule has 1 saturated carbocycles. The van der Waals surface area contributed by atoms with Crippen LogP contribution in [0, 0.1) is 11.3 Å². The normalized spacial score (nSPS) is 33.5. The van der Waals surface area contributed by atoms with Crippen molar-refractivity contribution in [1.82, 2.24) is 0 Å². The predicted molar refractivity (Wildman–Crippen MR) is 76.3 cm³/mol. The van der Waals surface area contributed by atoms with Crippen LogP contribution in [0.5, 0.6) is 0 Å². The van der Waals surface area contributed by atoms with Crippen molar-refractivity contribution in [3.05, 3.63) is 47.5 Å². The fourth-order valence-electron chi connectivity index (χ4n) is 4.87. The van der Waals surface area contributed by atoms with Crippen molar-refractivity contribution < 1.29 is 4.79 Å². The maximum absolute atomic E-state index is 13.1. The molecule has 0 N–H and O–H groups in total. The number of Topliss-reactive ketones (excluding diaryl/α,β-unsaturated/α-hetero) is 1. The van der Waals surface area contributed by atoms with Gasteiger partial charge in [0.15, 0.2) is 5.78 Å². The zero-order valence-electron chi connectivity index (χ0n) is 11.3. The quantitative estimate of drug-likeness (QED) is 0.673. The highest BCUT2D eigenvalue weighted by Crippen LogP contribution is 2.61. The Balaban J connectivity index is 1.86. The van der Waals surface area contributed by atoms with Crippen LogP contribution < -0.4 is 0 Å². The Morgan fingerprint density at radius 1 is 1.05 bits per heavy atom. The molecule has 1 aromatic rings. The van der Waals surface area contributed by atoms with Crippen LogP contribution in [0.15, 0.2) is 36.4 Å². The van der Waals surface area contributed by atoms with Crippen molar-refractivity contribution in [2.75, 3.05) is 0 Å². The summed E-state index contributed by atoms with van der Waals surface area (Å²) in [5.74, 6) is 1.51. The number of benzene rings is 1. The summed E-state index contributed by atoms with van der Waals surface area (Å²) in [6.45, 7) is 0. The topological polar surface area (TPSA) is 17.1 Å². The summed E-state index contributed by atoms with van der Waals surface area (Å²) in [6.07, 6.45) is 11.6. The number of carbonyl (C=O) groups is 1. The van der Waals surface area contributed by atoms with Gasteiger partial charge in [0.2, 0.25) is 0 Å². The number of carbonyl (C=O) groups excluding carboxylic acids is 1. The van der Waals surface area contributed by atoms with Crippen molar-refractivity contribution in [1.29, 1.82) is 0 Å². The van der Waals surface area contributed by atoms with Gasteiger partial charge in [-0.25, -0.2) is 0 Å². The van der Waals surface area contributed by atoms with Crippen LogP contribution in [-0.4, -0.2) is 5.78 Å². The highest BCUT2D eigenvalue weighted by molar-refractivity contribution is 6.06. The lowest BCUT2D eigenvalue weighted by molar-refractivity contribution is 0.0519. The predicted octanol–water partition coefficient (Wildman–Crippen LogP) is 4.49. The Bertz CT molecular complexity index is 549. The zero-order valence-corrected chi connectivity index (χ0v) is 11.3. The summed E-state index contributed by atoms with van der Waals surface area (Å²) in [5, 5.41) is 0. The summed E-state index contributed by atoms with van der Waals surface area (Å²) in [7, 11) is 0. The highest BCUT2D eigenvalue weighted by Gasteiger charge is 2.57. The van der Waals surface area contributed by atoms with Crippen LogP contribution in [0.2, 0.25) is 0 Å². The Hall–Kier alpha value is -1.37. The fraction of sp³-hybridized carbons (Fsp3) is 0.500. The molecule has 19 heavy (non-hydrogen) atoms. The fourth-order valence-corrected chi connectivity index (χ4v) is 4.87. The van der Waals surface area contributed by atoms with E-state index in [1.165, 1.54) is 24.8 Å². The third-order valence-electron chi connectivity index (χ3n) is 5.70. The van der Waals surface area contributed by atoms with Gasteiger partial charge >= 0.3 is 0 Å². The first-order valence-electron chi connectivity index (χ1n) is 7.63. The minimum Gasteiger partial charge on any atom is -0.294 e. The standard InChI is InChI=1S/C18H20O/c19-17-15-10-4-3-9-14(15)16-11-5-6-12-18(16,17)13-7-1-2-8-13/h1-4,9-10,13,16H,5-8,11-12H2/t16-,18+/m1/s1. The van der Waals surface area contributed by atoms with Gasteiger partial charge in [-0.15, -0.1) is 0 Å². The van der Waals surface area contributed by atoms with E-state index in [-0.39, 0.29) is 5.41 Å². The summed E-state index contributed by atoms with van der Waals surface area (Å²) < 4.78 is 0. The van der Waals surface area contributed by atoms with Crippen LogP contribution in [0.4, 0.5) is 0 Å². The number of hydrogen-bond acceptors (Lipinski definition) is 1. The lowest BCUT2D eigenvalue weighted by Crippen LogP contribution is -2.40. The van der Waals surface area contributed by atoms with Crippen LogP contribution >= 0.6 is 0 Å². The monoisotopic (exact) mass is 252 g/mol. The molecule has 2 atom stereocenters. The smallest absolute Gasteiger partial charge is 0.170 e. The molecule has 4 rings (SSSR count). The number of hydrogen-bond donors (Lipinski definition) is 0. The Kier molecular flexibility index (Phi) is 2.45. The molecule has 0 spiro atoms. The summed E-state index contributed by atoms with van der Waals surface area (Å²) in [5.41, 5.74) is 2.31. The van der Waals surface area contributed by atoms with Gasteiger partial charge in [0.05, 0.1) is 0 Å². The lowest BCUT2D eigenvalue weighted by atomic mass is 9.59. The van der Waals surface area contributed by atoms with Crippen molar-refractivity contribution in [2.45, 2.75) is 44.4 Å². The van der Waals surface area contributed by atoms with E-state index in [2.05, 4.69) is 30.4 Å². The maximum Gasteiger partial charge on any atom is 0.170 e. The van der Waals surface area contributed by atoms with Gasteiger partial charge in [-0.05, 0) is 43.1 Å². The van der Waals surface area contributed by atoms with E-state index in [0.29, 0.717) is 17.6 Å². The molecular formula is C18H20O. The molecule has 0 saturated heterocycles. The van der Waals surface area contributed by atoms with E-state index >= 15 is 0 Å². The third-order valence-corrected chi connectivity index (χ3v) is 5.70. The molecule has 1 nitrogen and oxygen atoms in total. The summed E-state index contributed by atoms with van der Waals surface area (Å²) in [6, 6.07) is 8.38. The second kappa shape index (κ2) is 4.06. The molecule has 3 aliphatic carbocycles. The summed E-state index contributed by atoms with van der Waals surface area (Å²) in [4.78, 5) is 13.1. The minimum atomic E-state index is -0.0641. The van der Waals surface area contributed by atoms with Crippen LogP contribution in [-0.2, 0) is 0 Å². The molecule has 98 valence electrons. The Labute approximate surface area is 114 Å². The molecule has 1 fully saturated rings. The first kappa shape index (κ1) is 11.5. The molecule has 3 aliphatic rings. The minimum absolute atomic E-state index is 0.0641. The summed E-state index contributed by atoms with van der Waals surface area (Å²) >= 11 is 0. The molecule has 0 unspecified atom stereocenters. The van der Waals surface area contributed by atoms with Crippen LogP contribution in [0.1, 0.15) is 60.4 Å². The molecule has 0 aromatic heterocycles. The van der Waals surface area contributed by atoms with Crippen molar-refractivity contribution in [3.8, 4) is 0 Å². The third kappa shape index (κ3) is 1.39. The van der Waals surface area contributed by atoms with Crippen molar-refractivity contribution in [2.24, 2.45) is 11.3 Å². The van der Waals surface area contributed by atoms with E-state index < -0.39 is 0 Å². The van der Waals surface area contributed by atoms with Gasteiger partial charge in [0.25, 0.3) is 0 Å². The average molecular weight is 252 g/mol. The van der Waals surface area contributed by atoms with E-state index in [9.17, 15) is 4.79 Å². The van der Waals surface area contributed by atoms with E-state index in [4.69, 9.17) is 0 Å². The van der Waals surface area contributed by atoms with Gasteiger partial charge in [-0.1, -0.05) is 49.3 Å². The second-order valence-electron chi connectivity index (χ2n) is 6.39. The van der Waals surface area contributed by atoms with Gasteiger partial charge in [0.1, 0.15) is 0 Å². The Morgan fingerprint density at radius 3 is 2.68 bits per heavy atom. The largest absolute Gasteiger partial charge is 0.294 e. The SMILES string of the molecule is O=C1c2ccccc2[C@H]2CCCC[C@@]12C1CC=CC1. The molecule has 1 aromatic carbocycles. The molecule has 0 radical (unpaired) electrons. The molecular weight excluding hydrogens is 232 g/mol. The molecule has 1 heteroatoms.